The Labute approximate surface area is 112 Å². The normalized spacial score (nSPS) is 20.2. The molecular formula is C13H21N3OS. The van der Waals surface area contributed by atoms with Gasteiger partial charge in [-0.2, -0.15) is 0 Å². The molecule has 1 aliphatic rings. The van der Waals surface area contributed by atoms with E-state index in [0.29, 0.717) is 19.0 Å². The highest BCUT2D eigenvalue weighted by atomic mass is 32.1. The Kier molecular flexibility index (Phi) is 4.74. The smallest absolute Gasteiger partial charge is 0.236 e. The molecular weight excluding hydrogens is 246 g/mol. The summed E-state index contributed by atoms with van der Waals surface area (Å²) in [4.78, 5) is 17.3. The Hall–Kier alpha value is -0.910. The van der Waals surface area contributed by atoms with Crippen molar-refractivity contribution in [2.24, 2.45) is 11.7 Å². The fourth-order valence-corrected chi connectivity index (χ4v) is 3.04. The minimum Gasteiger partial charge on any atom is -0.340 e. The Bertz CT molecular complexity index is 380. The molecule has 0 radical (unpaired) electrons. The average molecular weight is 267 g/mol. The van der Waals surface area contributed by atoms with Gasteiger partial charge in [-0.25, -0.2) is 0 Å². The largest absolute Gasteiger partial charge is 0.340 e. The van der Waals surface area contributed by atoms with E-state index in [9.17, 15) is 4.79 Å². The van der Waals surface area contributed by atoms with Gasteiger partial charge in [0.2, 0.25) is 5.91 Å². The van der Waals surface area contributed by atoms with Gasteiger partial charge in [0.15, 0.2) is 0 Å². The van der Waals surface area contributed by atoms with Gasteiger partial charge in [-0.3, -0.25) is 9.69 Å². The fraction of sp³-hybridized carbons (Fsp3) is 0.615. The number of hydrogen-bond donors (Lipinski definition) is 1. The zero-order valence-electron chi connectivity index (χ0n) is 10.8. The number of rotatable bonds is 5. The van der Waals surface area contributed by atoms with Crippen molar-refractivity contribution in [3.05, 3.63) is 22.4 Å². The van der Waals surface area contributed by atoms with E-state index >= 15 is 0 Å². The number of likely N-dealkylation sites (tertiary alicyclic amines) is 1. The monoisotopic (exact) mass is 267 g/mol. The predicted molar refractivity (Wildman–Crippen MR) is 74.4 cm³/mol. The second kappa shape index (κ2) is 6.31. The number of nitrogens with zero attached hydrogens (tertiary/aromatic N) is 2. The maximum Gasteiger partial charge on any atom is 0.236 e. The summed E-state index contributed by atoms with van der Waals surface area (Å²) in [5.74, 6) is 0.765. The molecule has 18 heavy (non-hydrogen) atoms. The van der Waals surface area contributed by atoms with Gasteiger partial charge in [0, 0.05) is 18.5 Å². The van der Waals surface area contributed by atoms with E-state index < -0.39 is 0 Å². The van der Waals surface area contributed by atoms with E-state index in [-0.39, 0.29) is 5.91 Å². The van der Waals surface area contributed by atoms with E-state index in [4.69, 9.17) is 5.73 Å². The van der Waals surface area contributed by atoms with Crippen LogP contribution in [0.25, 0.3) is 0 Å². The highest BCUT2D eigenvalue weighted by Crippen LogP contribution is 2.15. The summed E-state index contributed by atoms with van der Waals surface area (Å²) in [6.07, 6.45) is 1.12. The second-order valence-electron chi connectivity index (χ2n) is 4.95. The van der Waals surface area contributed by atoms with E-state index in [1.165, 1.54) is 4.88 Å². The predicted octanol–water partition coefficient (Wildman–Crippen LogP) is 0.987. The number of hydrogen-bond acceptors (Lipinski definition) is 4. The molecule has 1 aromatic heterocycles. The first-order chi connectivity index (χ1) is 8.69. The van der Waals surface area contributed by atoms with Crippen LogP contribution >= 0.6 is 11.3 Å². The lowest BCUT2D eigenvalue weighted by Gasteiger charge is -2.21. The number of thiophene rings is 1. The minimum absolute atomic E-state index is 0.195. The number of amides is 1. The third-order valence-electron chi connectivity index (χ3n) is 3.46. The van der Waals surface area contributed by atoms with Gasteiger partial charge in [-0.05, 0) is 36.9 Å². The van der Waals surface area contributed by atoms with Crippen molar-refractivity contribution >= 4 is 17.2 Å². The van der Waals surface area contributed by atoms with Crippen LogP contribution in [-0.4, -0.2) is 48.9 Å². The molecule has 100 valence electrons. The molecule has 0 spiro atoms. The molecule has 1 fully saturated rings. The van der Waals surface area contributed by atoms with Gasteiger partial charge >= 0.3 is 0 Å². The lowest BCUT2D eigenvalue weighted by atomic mass is 10.1. The number of carbonyl (C=O) groups excluding carboxylic acids is 1. The molecule has 1 amide bonds. The van der Waals surface area contributed by atoms with Gasteiger partial charge in [0.1, 0.15) is 0 Å². The van der Waals surface area contributed by atoms with Crippen LogP contribution in [0.2, 0.25) is 0 Å². The van der Waals surface area contributed by atoms with E-state index in [1.807, 2.05) is 23.4 Å². The number of nitrogens with two attached hydrogens (primary N) is 1. The van der Waals surface area contributed by atoms with Gasteiger partial charge in [-0.1, -0.05) is 6.07 Å². The third-order valence-corrected chi connectivity index (χ3v) is 4.32. The van der Waals surface area contributed by atoms with Gasteiger partial charge in [0.05, 0.1) is 13.1 Å². The lowest BCUT2D eigenvalue weighted by molar-refractivity contribution is -0.131. The molecule has 1 atom stereocenters. The Balaban J connectivity index is 1.77. The summed E-state index contributed by atoms with van der Waals surface area (Å²) in [5.41, 5.74) is 5.66. The number of likely N-dealkylation sites (N-methyl/N-ethyl adjacent to an activating group) is 1. The molecule has 2 heterocycles. The molecule has 4 nitrogen and oxygen atoms in total. The van der Waals surface area contributed by atoms with Gasteiger partial charge < -0.3 is 10.6 Å². The molecule has 1 aromatic rings. The van der Waals surface area contributed by atoms with Crippen LogP contribution in [0.15, 0.2) is 17.5 Å². The summed E-state index contributed by atoms with van der Waals surface area (Å²) in [6, 6.07) is 4.08. The zero-order valence-corrected chi connectivity index (χ0v) is 11.7. The highest BCUT2D eigenvalue weighted by molar-refractivity contribution is 7.09. The molecule has 1 saturated heterocycles. The van der Waals surface area contributed by atoms with Crippen LogP contribution in [0.5, 0.6) is 0 Å². The van der Waals surface area contributed by atoms with Crippen LogP contribution in [-0.2, 0) is 11.3 Å². The number of carbonyl (C=O) groups is 1. The summed E-state index contributed by atoms with van der Waals surface area (Å²) in [7, 11) is 1.87. The van der Waals surface area contributed by atoms with Crippen LogP contribution in [0.3, 0.4) is 0 Å². The van der Waals surface area contributed by atoms with Crippen molar-refractivity contribution in [1.29, 1.82) is 0 Å². The summed E-state index contributed by atoms with van der Waals surface area (Å²) in [5, 5.41) is 2.04. The maximum atomic E-state index is 12.1. The third kappa shape index (κ3) is 3.54. The van der Waals surface area contributed by atoms with E-state index in [1.54, 1.807) is 11.3 Å². The van der Waals surface area contributed by atoms with Crippen molar-refractivity contribution in [3.8, 4) is 0 Å². The summed E-state index contributed by atoms with van der Waals surface area (Å²) < 4.78 is 0. The molecule has 2 rings (SSSR count). The molecule has 1 aliphatic heterocycles. The topological polar surface area (TPSA) is 49.6 Å². The summed E-state index contributed by atoms with van der Waals surface area (Å²) >= 11 is 1.69. The molecule has 0 bridgehead atoms. The van der Waals surface area contributed by atoms with Crippen molar-refractivity contribution in [2.45, 2.75) is 13.0 Å². The van der Waals surface area contributed by atoms with Crippen LogP contribution in [0.4, 0.5) is 0 Å². The fourth-order valence-electron chi connectivity index (χ4n) is 2.29. The average Bonchev–Trinajstić information content (AvgIpc) is 3.00. The van der Waals surface area contributed by atoms with Crippen molar-refractivity contribution in [1.82, 2.24) is 9.80 Å². The summed E-state index contributed by atoms with van der Waals surface area (Å²) in [6.45, 7) is 3.94. The van der Waals surface area contributed by atoms with Gasteiger partial charge in [-0.15, -0.1) is 11.3 Å². The lowest BCUT2D eigenvalue weighted by Crippen LogP contribution is -2.37. The van der Waals surface area contributed by atoms with Crippen LogP contribution in [0.1, 0.15) is 11.3 Å². The molecule has 2 N–H and O–H groups in total. The minimum atomic E-state index is 0.195. The molecule has 5 heteroatoms. The van der Waals surface area contributed by atoms with E-state index in [0.717, 1.165) is 26.1 Å². The van der Waals surface area contributed by atoms with Crippen LogP contribution in [0, 0.1) is 5.92 Å². The first kappa shape index (κ1) is 13.5. The van der Waals surface area contributed by atoms with Gasteiger partial charge in [0.25, 0.3) is 0 Å². The highest BCUT2D eigenvalue weighted by Gasteiger charge is 2.23. The standard InChI is InChI=1S/C13H21N3OS/c1-15(9-12-3-2-6-18-12)13(17)10-16-5-4-11(7-14)8-16/h2-3,6,11H,4-5,7-10,14H2,1H3. The zero-order chi connectivity index (χ0) is 13.0. The Morgan fingerprint density at radius 1 is 1.67 bits per heavy atom. The molecule has 0 saturated carbocycles. The molecule has 0 aromatic carbocycles. The Morgan fingerprint density at radius 2 is 2.50 bits per heavy atom. The first-order valence-corrected chi connectivity index (χ1v) is 7.25. The quantitative estimate of drug-likeness (QED) is 0.865. The van der Waals surface area contributed by atoms with Crippen LogP contribution < -0.4 is 5.73 Å². The van der Waals surface area contributed by atoms with E-state index in [2.05, 4.69) is 11.0 Å². The Morgan fingerprint density at radius 3 is 3.11 bits per heavy atom. The molecule has 0 aliphatic carbocycles. The molecule has 1 unspecified atom stereocenters. The van der Waals surface area contributed by atoms with Crippen molar-refractivity contribution in [2.75, 3.05) is 33.2 Å². The maximum absolute atomic E-state index is 12.1. The first-order valence-electron chi connectivity index (χ1n) is 6.38. The van der Waals surface area contributed by atoms with Crippen molar-refractivity contribution < 1.29 is 4.79 Å². The SMILES string of the molecule is CN(Cc1cccs1)C(=O)CN1CCC(CN)C1. The van der Waals surface area contributed by atoms with Crippen molar-refractivity contribution in [3.63, 3.8) is 0 Å². The second-order valence-corrected chi connectivity index (χ2v) is 5.99.